The summed E-state index contributed by atoms with van der Waals surface area (Å²) in [6.45, 7) is 4.75. The number of rotatable bonds is 9. The molecule has 0 aromatic carbocycles. The van der Waals surface area contributed by atoms with Crippen LogP contribution in [0.15, 0.2) is 28.7 Å². The fourth-order valence-corrected chi connectivity index (χ4v) is 5.51. The second kappa shape index (κ2) is 8.76. The van der Waals surface area contributed by atoms with Crippen molar-refractivity contribution in [3.05, 3.63) is 35.0 Å². The lowest BCUT2D eigenvalue weighted by Crippen LogP contribution is -2.35. The lowest BCUT2D eigenvalue weighted by molar-refractivity contribution is -0.123. The van der Waals surface area contributed by atoms with Gasteiger partial charge in [-0.2, -0.15) is 9.40 Å². The molecule has 0 saturated carbocycles. The quantitative estimate of drug-likeness (QED) is 0.658. The van der Waals surface area contributed by atoms with Gasteiger partial charge in [0.15, 0.2) is 0 Å². The molecule has 1 atom stereocenters. The van der Waals surface area contributed by atoms with Crippen LogP contribution in [0.25, 0.3) is 0 Å². The van der Waals surface area contributed by atoms with Gasteiger partial charge in [0.1, 0.15) is 10.3 Å². The normalized spacial score (nSPS) is 13.1. The van der Waals surface area contributed by atoms with Crippen LogP contribution in [-0.4, -0.2) is 48.5 Å². The van der Waals surface area contributed by atoms with Crippen LogP contribution in [0.1, 0.15) is 30.3 Å². The minimum Gasteiger partial charge on any atom is -0.350 e. The number of sulfonamides is 1. The predicted octanol–water partition coefficient (Wildman–Crippen LogP) is 1.09. The summed E-state index contributed by atoms with van der Waals surface area (Å²) in [5, 5.41) is 9.88. The van der Waals surface area contributed by atoms with Crippen molar-refractivity contribution in [3.8, 4) is 0 Å². The van der Waals surface area contributed by atoms with Crippen molar-refractivity contribution in [2.45, 2.75) is 30.6 Å². The first-order valence-corrected chi connectivity index (χ1v) is 10.6. The summed E-state index contributed by atoms with van der Waals surface area (Å²) in [5.74, 6) is -0.193. The maximum Gasteiger partial charge on any atom is 0.252 e. The van der Waals surface area contributed by atoms with Crippen molar-refractivity contribution in [2.24, 2.45) is 7.05 Å². The zero-order valence-electron chi connectivity index (χ0n) is 15.4. The van der Waals surface area contributed by atoms with E-state index in [1.807, 2.05) is 13.8 Å². The molecular formula is C16H25N5O3S2. The van der Waals surface area contributed by atoms with Gasteiger partial charge in [-0.1, -0.05) is 13.8 Å². The van der Waals surface area contributed by atoms with E-state index < -0.39 is 16.1 Å². The van der Waals surface area contributed by atoms with Crippen LogP contribution < -0.4 is 10.6 Å². The minimum absolute atomic E-state index is 0.193. The summed E-state index contributed by atoms with van der Waals surface area (Å²) in [5.41, 5.74) is 0.767. The first-order valence-electron chi connectivity index (χ1n) is 8.35. The molecule has 2 heterocycles. The van der Waals surface area contributed by atoms with Gasteiger partial charge in [-0.25, -0.2) is 8.42 Å². The molecule has 0 bridgehead atoms. The number of carbonyl (C=O) groups excluding carboxylic acids is 1. The van der Waals surface area contributed by atoms with E-state index in [9.17, 15) is 13.2 Å². The number of carbonyl (C=O) groups is 1. The topological polar surface area (TPSA) is 96.3 Å². The molecular weight excluding hydrogens is 374 g/mol. The summed E-state index contributed by atoms with van der Waals surface area (Å²) in [4.78, 5) is 13.2. The van der Waals surface area contributed by atoms with Crippen LogP contribution in [0.3, 0.4) is 0 Å². The Morgan fingerprint density at radius 2 is 2.04 bits per heavy atom. The maximum absolute atomic E-state index is 12.5. The third-order valence-corrected chi connectivity index (χ3v) is 7.58. The third-order valence-electron chi connectivity index (χ3n) is 3.98. The Labute approximate surface area is 158 Å². The molecule has 2 N–H and O–H groups in total. The summed E-state index contributed by atoms with van der Waals surface area (Å²) < 4.78 is 28.4. The molecule has 0 spiro atoms. The highest BCUT2D eigenvalue weighted by Crippen LogP contribution is 2.25. The zero-order valence-corrected chi connectivity index (χ0v) is 17.0. The fourth-order valence-electron chi connectivity index (χ4n) is 2.60. The monoisotopic (exact) mass is 399 g/mol. The van der Waals surface area contributed by atoms with E-state index in [0.717, 1.165) is 10.4 Å². The van der Waals surface area contributed by atoms with E-state index in [1.165, 1.54) is 15.6 Å². The number of nitrogens with zero attached hydrogens (tertiary/aromatic N) is 3. The van der Waals surface area contributed by atoms with Crippen LogP contribution in [0.4, 0.5) is 0 Å². The Morgan fingerprint density at radius 1 is 1.35 bits per heavy atom. The Morgan fingerprint density at radius 3 is 2.58 bits per heavy atom. The number of aryl methyl sites for hydroxylation is 1. The molecule has 1 unspecified atom stereocenters. The number of thiophene rings is 1. The van der Waals surface area contributed by atoms with Crippen molar-refractivity contribution in [3.63, 3.8) is 0 Å². The fraction of sp³-hybridized carbons (Fsp3) is 0.500. The van der Waals surface area contributed by atoms with Crippen molar-refractivity contribution in [1.29, 1.82) is 0 Å². The standard InChI is InChI=1S/C16H25N5O3S2/c1-5-21(6-2)26(23,24)14-8-7-13(25-14)10-18-16(22)15(17-3)12-9-19-20(4)11-12/h7-9,11,15,17H,5-6,10H2,1-4H3,(H,18,22). The van der Waals surface area contributed by atoms with Crippen LogP contribution >= 0.6 is 11.3 Å². The highest BCUT2D eigenvalue weighted by Gasteiger charge is 2.24. The van der Waals surface area contributed by atoms with Crippen LogP contribution in [0, 0.1) is 0 Å². The molecule has 10 heteroatoms. The third kappa shape index (κ3) is 4.50. The second-order valence-electron chi connectivity index (χ2n) is 5.70. The molecule has 2 aromatic rings. The number of hydrogen-bond donors (Lipinski definition) is 2. The van der Waals surface area contributed by atoms with E-state index >= 15 is 0 Å². The van der Waals surface area contributed by atoms with Gasteiger partial charge in [0.25, 0.3) is 10.0 Å². The van der Waals surface area contributed by atoms with E-state index in [4.69, 9.17) is 0 Å². The SMILES string of the molecule is CCN(CC)S(=O)(=O)c1ccc(CNC(=O)C(NC)c2cnn(C)c2)s1. The molecule has 0 aliphatic rings. The molecule has 0 aliphatic heterocycles. The van der Waals surface area contributed by atoms with Gasteiger partial charge < -0.3 is 10.6 Å². The summed E-state index contributed by atoms with van der Waals surface area (Å²) in [6.07, 6.45) is 3.42. The number of aromatic nitrogens is 2. The van der Waals surface area contributed by atoms with E-state index in [2.05, 4.69) is 15.7 Å². The Bertz CT molecular complexity index is 840. The van der Waals surface area contributed by atoms with Gasteiger partial charge in [-0.15, -0.1) is 11.3 Å². The zero-order chi connectivity index (χ0) is 19.3. The van der Waals surface area contributed by atoms with E-state index in [1.54, 1.807) is 43.3 Å². The Kier molecular flexibility index (Phi) is 6.93. The van der Waals surface area contributed by atoms with Crippen molar-refractivity contribution in [2.75, 3.05) is 20.1 Å². The number of likely N-dealkylation sites (N-methyl/N-ethyl adjacent to an activating group) is 1. The number of hydrogen-bond acceptors (Lipinski definition) is 6. The molecule has 0 saturated heterocycles. The van der Waals surface area contributed by atoms with Crippen LogP contribution in [0.5, 0.6) is 0 Å². The summed E-state index contributed by atoms with van der Waals surface area (Å²) >= 11 is 1.18. The average Bonchev–Trinajstić information content (AvgIpc) is 3.24. The van der Waals surface area contributed by atoms with Gasteiger partial charge in [0.05, 0.1) is 12.7 Å². The molecule has 8 nitrogen and oxygen atoms in total. The first kappa shape index (κ1) is 20.6. The average molecular weight is 400 g/mol. The molecule has 0 aliphatic carbocycles. The minimum atomic E-state index is -3.46. The van der Waals surface area contributed by atoms with Gasteiger partial charge in [0.2, 0.25) is 5.91 Å². The highest BCUT2D eigenvalue weighted by molar-refractivity contribution is 7.91. The van der Waals surface area contributed by atoms with E-state index in [-0.39, 0.29) is 12.5 Å². The Hall–Kier alpha value is -1.75. The smallest absolute Gasteiger partial charge is 0.252 e. The predicted molar refractivity (Wildman–Crippen MR) is 101 cm³/mol. The maximum atomic E-state index is 12.5. The van der Waals surface area contributed by atoms with Gasteiger partial charge in [-0.05, 0) is 19.2 Å². The van der Waals surface area contributed by atoms with Gasteiger partial charge >= 0.3 is 0 Å². The largest absolute Gasteiger partial charge is 0.350 e. The van der Waals surface area contributed by atoms with Crippen LogP contribution in [0.2, 0.25) is 0 Å². The van der Waals surface area contributed by atoms with Gasteiger partial charge in [0, 0.05) is 36.8 Å². The summed E-state index contributed by atoms with van der Waals surface area (Å²) in [6, 6.07) is 2.82. The first-order chi connectivity index (χ1) is 12.3. The second-order valence-corrected chi connectivity index (χ2v) is 9.03. The van der Waals surface area contributed by atoms with Crippen molar-refractivity contribution >= 4 is 27.3 Å². The highest BCUT2D eigenvalue weighted by atomic mass is 32.2. The Balaban J connectivity index is 2.04. The lowest BCUT2D eigenvalue weighted by atomic mass is 10.1. The lowest BCUT2D eigenvalue weighted by Gasteiger charge is -2.16. The van der Waals surface area contributed by atoms with E-state index in [0.29, 0.717) is 17.3 Å². The molecule has 26 heavy (non-hydrogen) atoms. The molecule has 0 radical (unpaired) electrons. The van der Waals surface area contributed by atoms with Crippen molar-refractivity contribution in [1.82, 2.24) is 24.7 Å². The van der Waals surface area contributed by atoms with Crippen LogP contribution in [-0.2, 0) is 28.4 Å². The summed E-state index contributed by atoms with van der Waals surface area (Å²) in [7, 11) is 0.0305. The molecule has 144 valence electrons. The number of nitrogens with one attached hydrogen (secondary N) is 2. The number of amides is 1. The molecule has 2 aromatic heterocycles. The van der Waals surface area contributed by atoms with Crippen molar-refractivity contribution < 1.29 is 13.2 Å². The molecule has 2 rings (SSSR count). The van der Waals surface area contributed by atoms with Gasteiger partial charge in [-0.3, -0.25) is 9.48 Å². The molecule has 0 fully saturated rings. The molecule has 1 amide bonds.